The van der Waals surface area contributed by atoms with Gasteiger partial charge in [-0.1, -0.05) is 23.7 Å². The molecule has 0 fully saturated rings. The third-order valence-corrected chi connectivity index (χ3v) is 2.60. The molecule has 4 heteroatoms. The van der Waals surface area contributed by atoms with Gasteiger partial charge in [-0.15, -0.1) is 0 Å². The molecule has 17 heavy (non-hydrogen) atoms. The number of benzene rings is 1. The highest BCUT2D eigenvalue weighted by atomic mass is 35.5. The van der Waals surface area contributed by atoms with Gasteiger partial charge in [0.15, 0.2) is 0 Å². The van der Waals surface area contributed by atoms with Crippen LogP contribution in [0.1, 0.15) is 11.1 Å². The van der Waals surface area contributed by atoms with E-state index in [1.165, 1.54) is 0 Å². The predicted molar refractivity (Wildman–Crippen MR) is 68.4 cm³/mol. The van der Waals surface area contributed by atoms with Crippen LogP contribution in [0.4, 0.5) is 0 Å². The van der Waals surface area contributed by atoms with Gasteiger partial charge in [-0.3, -0.25) is 4.98 Å². The molecular weight excluding hydrogens is 236 g/mol. The van der Waals surface area contributed by atoms with Crippen molar-refractivity contribution in [3.05, 3.63) is 52.8 Å². The van der Waals surface area contributed by atoms with Crippen LogP contribution in [-0.4, -0.2) is 4.98 Å². The van der Waals surface area contributed by atoms with Crippen LogP contribution in [0, 0.1) is 6.92 Å². The van der Waals surface area contributed by atoms with Gasteiger partial charge in [0.1, 0.15) is 11.5 Å². The molecule has 0 saturated carbocycles. The summed E-state index contributed by atoms with van der Waals surface area (Å²) in [5, 5.41) is 0.551. The van der Waals surface area contributed by atoms with E-state index in [9.17, 15) is 0 Å². The Morgan fingerprint density at radius 3 is 2.82 bits per heavy atom. The zero-order valence-corrected chi connectivity index (χ0v) is 10.2. The molecule has 0 amide bonds. The lowest BCUT2D eigenvalue weighted by Gasteiger charge is -2.09. The molecule has 88 valence electrons. The lowest BCUT2D eigenvalue weighted by atomic mass is 10.1. The number of nitrogens with zero attached hydrogens (tertiary/aromatic N) is 1. The van der Waals surface area contributed by atoms with Crippen LogP contribution in [0.3, 0.4) is 0 Å². The second-order valence-electron chi connectivity index (χ2n) is 3.74. The number of rotatable bonds is 3. The first kappa shape index (κ1) is 11.9. The van der Waals surface area contributed by atoms with Gasteiger partial charge in [0.05, 0.1) is 11.2 Å². The number of ether oxygens (including phenoxy) is 1. The van der Waals surface area contributed by atoms with Crippen molar-refractivity contribution in [3.63, 3.8) is 0 Å². The molecule has 0 atom stereocenters. The Balaban J connectivity index is 2.29. The normalized spacial score (nSPS) is 10.3. The zero-order chi connectivity index (χ0) is 12.3. The number of aryl methyl sites for hydroxylation is 1. The predicted octanol–water partition coefficient (Wildman–Crippen LogP) is 3.29. The molecule has 0 unspecified atom stereocenters. The zero-order valence-electron chi connectivity index (χ0n) is 9.48. The summed E-state index contributed by atoms with van der Waals surface area (Å²) in [6, 6.07) is 7.62. The number of hydrogen-bond donors (Lipinski definition) is 1. The van der Waals surface area contributed by atoms with Gasteiger partial charge in [-0.05, 0) is 24.1 Å². The second-order valence-corrected chi connectivity index (χ2v) is 4.18. The van der Waals surface area contributed by atoms with Gasteiger partial charge in [-0.25, -0.2) is 0 Å². The van der Waals surface area contributed by atoms with E-state index < -0.39 is 0 Å². The third kappa shape index (κ3) is 2.96. The van der Waals surface area contributed by atoms with E-state index in [0.29, 0.717) is 17.3 Å². The third-order valence-electron chi connectivity index (χ3n) is 2.40. The van der Waals surface area contributed by atoms with Crippen LogP contribution in [0.5, 0.6) is 11.5 Å². The van der Waals surface area contributed by atoms with E-state index in [0.717, 1.165) is 16.9 Å². The summed E-state index contributed by atoms with van der Waals surface area (Å²) in [5.74, 6) is 1.40. The Kier molecular flexibility index (Phi) is 3.61. The first-order valence-electron chi connectivity index (χ1n) is 5.27. The van der Waals surface area contributed by atoms with Crippen molar-refractivity contribution >= 4 is 11.6 Å². The van der Waals surface area contributed by atoms with Crippen LogP contribution in [0.25, 0.3) is 0 Å². The Labute approximate surface area is 105 Å². The number of aromatic nitrogens is 1. The maximum absolute atomic E-state index is 5.85. The van der Waals surface area contributed by atoms with Crippen molar-refractivity contribution in [2.24, 2.45) is 5.73 Å². The first-order valence-corrected chi connectivity index (χ1v) is 5.65. The summed E-state index contributed by atoms with van der Waals surface area (Å²) in [5.41, 5.74) is 7.67. The monoisotopic (exact) mass is 248 g/mol. The number of nitrogens with two attached hydrogens (primary N) is 1. The Bertz CT molecular complexity index is 529. The van der Waals surface area contributed by atoms with Crippen molar-refractivity contribution in [1.82, 2.24) is 4.98 Å². The van der Waals surface area contributed by atoms with E-state index in [4.69, 9.17) is 22.1 Å². The SMILES string of the molecule is Cc1ccc(CN)cc1Oc1cncc(Cl)c1. The van der Waals surface area contributed by atoms with Crippen molar-refractivity contribution in [2.45, 2.75) is 13.5 Å². The molecule has 0 aliphatic rings. The average Bonchev–Trinajstić information content (AvgIpc) is 2.32. The maximum Gasteiger partial charge on any atom is 0.147 e. The number of pyridine rings is 1. The van der Waals surface area contributed by atoms with Gasteiger partial charge in [-0.2, -0.15) is 0 Å². The van der Waals surface area contributed by atoms with E-state index >= 15 is 0 Å². The summed E-state index contributed by atoms with van der Waals surface area (Å²) >= 11 is 5.85. The van der Waals surface area contributed by atoms with Crippen molar-refractivity contribution in [1.29, 1.82) is 0 Å². The largest absolute Gasteiger partial charge is 0.455 e. The van der Waals surface area contributed by atoms with Crippen LogP contribution in [0.15, 0.2) is 36.7 Å². The fraction of sp³-hybridized carbons (Fsp3) is 0.154. The number of hydrogen-bond acceptors (Lipinski definition) is 3. The van der Waals surface area contributed by atoms with Crippen LogP contribution in [-0.2, 0) is 6.54 Å². The number of halogens is 1. The topological polar surface area (TPSA) is 48.1 Å². The highest BCUT2D eigenvalue weighted by Gasteiger charge is 2.03. The highest BCUT2D eigenvalue weighted by Crippen LogP contribution is 2.26. The smallest absolute Gasteiger partial charge is 0.147 e. The molecule has 3 nitrogen and oxygen atoms in total. The minimum atomic E-state index is 0.491. The van der Waals surface area contributed by atoms with Crippen molar-refractivity contribution in [2.75, 3.05) is 0 Å². The second kappa shape index (κ2) is 5.17. The quantitative estimate of drug-likeness (QED) is 0.907. The van der Waals surface area contributed by atoms with Gasteiger partial charge in [0.2, 0.25) is 0 Å². The van der Waals surface area contributed by atoms with E-state index in [2.05, 4.69) is 4.98 Å². The molecule has 1 heterocycles. The van der Waals surface area contributed by atoms with Crippen LogP contribution < -0.4 is 10.5 Å². The molecule has 2 rings (SSSR count). The fourth-order valence-corrected chi connectivity index (χ4v) is 1.62. The minimum Gasteiger partial charge on any atom is -0.455 e. The Morgan fingerprint density at radius 1 is 1.29 bits per heavy atom. The van der Waals surface area contributed by atoms with E-state index in [1.807, 2.05) is 25.1 Å². The van der Waals surface area contributed by atoms with Gasteiger partial charge in [0, 0.05) is 18.8 Å². The Morgan fingerprint density at radius 2 is 2.12 bits per heavy atom. The van der Waals surface area contributed by atoms with Crippen molar-refractivity contribution < 1.29 is 4.74 Å². The van der Waals surface area contributed by atoms with E-state index in [-0.39, 0.29) is 0 Å². The highest BCUT2D eigenvalue weighted by molar-refractivity contribution is 6.30. The standard InChI is InChI=1S/C13H13ClN2O/c1-9-2-3-10(6-15)4-13(9)17-12-5-11(14)7-16-8-12/h2-5,7-8H,6,15H2,1H3. The molecule has 2 aromatic rings. The molecule has 0 aliphatic carbocycles. The lowest BCUT2D eigenvalue weighted by molar-refractivity contribution is 0.476. The molecule has 0 bridgehead atoms. The van der Waals surface area contributed by atoms with Gasteiger partial charge < -0.3 is 10.5 Å². The molecular formula is C13H13ClN2O. The molecule has 0 aliphatic heterocycles. The van der Waals surface area contributed by atoms with Crippen LogP contribution in [0.2, 0.25) is 5.02 Å². The molecule has 0 radical (unpaired) electrons. The molecule has 0 spiro atoms. The van der Waals surface area contributed by atoms with Gasteiger partial charge >= 0.3 is 0 Å². The average molecular weight is 249 g/mol. The summed E-state index contributed by atoms with van der Waals surface area (Å²) in [4.78, 5) is 3.97. The van der Waals surface area contributed by atoms with Crippen LogP contribution >= 0.6 is 11.6 Å². The summed E-state index contributed by atoms with van der Waals surface area (Å²) in [7, 11) is 0. The molecule has 1 aromatic heterocycles. The molecule has 0 saturated heterocycles. The van der Waals surface area contributed by atoms with E-state index in [1.54, 1.807) is 18.5 Å². The van der Waals surface area contributed by atoms with Crippen molar-refractivity contribution in [3.8, 4) is 11.5 Å². The summed E-state index contributed by atoms with van der Waals surface area (Å²) < 4.78 is 5.73. The lowest BCUT2D eigenvalue weighted by Crippen LogP contribution is -1.97. The minimum absolute atomic E-state index is 0.491. The molecule has 1 aromatic carbocycles. The Hall–Kier alpha value is -1.58. The fourth-order valence-electron chi connectivity index (χ4n) is 1.46. The maximum atomic E-state index is 5.85. The molecule has 2 N–H and O–H groups in total. The van der Waals surface area contributed by atoms with Gasteiger partial charge in [0.25, 0.3) is 0 Å². The summed E-state index contributed by atoms with van der Waals surface area (Å²) in [6.45, 7) is 2.47. The summed E-state index contributed by atoms with van der Waals surface area (Å²) in [6.07, 6.45) is 3.19. The first-order chi connectivity index (χ1) is 8.19.